The highest BCUT2D eigenvalue weighted by Gasteiger charge is 2.19. The highest BCUT2D eigenvalue weighted by atomic mass is 32.2. The Morgan fingerprint density at radius 3 is 2.46 bits per heavy atom. The molecule has 0 aliphatic carbocycles. The molecule has 0 saturated carbocycles. The summed E-state index contributed by atoms with van der Waals surface area (Å²) in [6.07, 6.45) is 1.45. The maximum absolute atomic E-state index is 11.5. The number of hydrogen-bond acceptors (Lipinski definition) is 5. The summed E-state index contributed by atoms with van der Waals surface area (Å²) < 4.78 is 4.73. The van der Waals surface area contributed by atoms with Gasteiger partial charge in [0.25, 0.3) is 0 Å². The summed E-state index contributed by atoms with van der Waals surface area (Å²) in [5.41, 5.74) is 1.76. The van der Waals surface area contributed by atoms with Crippen LogP contribution in [0, 0.1) is 0 Å². The van der Waals surface area contributed by atoms with Crippen LogP contribution >= 0.6 is 11.8 Å². The molecule has 0 spiro atoms. The lowest BCUT2D eigenvalue weighted by Crippen LogP contribution is -2.36. The summed E-state index contributed by atoms with van der Waals surface area (Å²) in [5, 5.41) is 9.70. The Kier molecular flexibility index (Phi) is 5.43. The van der Waals surface area contributed by atoms with E-state index in [1.54, 1.807) is 23.9 Å². The van der Waals surface area contributed by atoms with Crippen molar-refractivity contribution in [3.8, 4) is 0 Å². The summed E-state index contributed by atoms with van der Waals surface area (Å²) in [6, 6.07) is 15.8. The van der Waals surface area contributed by atoms with Crippen molar-refractivity contribution < 1.29 is 14.6 Å². The molecule has 3 rings (SSSR count). The molecule has 0 amide bonds. The van der Waals surface area contributed by atoms with Crippen LogP contribution < -0.4 is 4.90 Å². The SMILES string of the molecule is COC(=O)c1ccc(Sc2ccccc2N2CCC(O)CC2)cc1. The Morgan fingerprint density at radius 2 is 1.79 bits per heavy atom. The fourth-order valence-electron chi connectivity index (χ4n) is 2.82. The van der Waals surface area contributed by atoms with Gasteiger partial charge in [0.05, 0.1) is 24.5 Å². The fraction of sp³-hybridized carbons (Fsp3) is 0.316. The number of benzene rings is 2. The molecule has 1 aliphatic heterocycles. The molecule has 0 bridgehead atoms. The number of ether oxygens (including phenoxy) is 1. The first kappa shape index (κ1) is 16.9. The number of methoxy groups -OCH3 is 1. The molecule has 0 atom stereocenters. The van der Waals surface area contributed by atoms with E-state index in [0.717, 1.165) is 30.8 Å². The van der Waals surface area contributed by atoms with Crippen LogP contribution in [0.25, 0.3) is 0 Å². The lowest BCUT2D eigenvalue weighted by Gasteiger charge is -2.32. The summed E-state index contributed by atoms with van der Waals surface area (Å²) >= 11 is 1.68. The third-order valence-corrected chi connectivity index (χ3v) is 5.25. The molecule has 2 aromatic carbocycles. The number of esters is 1. The molecular formula is C19H21NO3S. The zero-order valence-electron chi connectivity index (χ0n) is 13.6. The summed E-state index contributed by atoms with van der Waals surface area (Å²) in [6.45, 7) is 1.75. The van der Waals surface area contributed by atoms with Crippen molar-refractivity contribution in [1.82, 2.24) is 0 Å². The Bertz CT molecular complexity index is 694. The van der Waals surface area contributed by atoms with Crippen molar-refractivity contribution >= 4 is 23.4 Å². The topological polar surface area (TPSA) is 49.8 Å². The number of hydrogen-bond donors (Lipinski definition) is 1. The minimum atomic E-state index is -0.321. The number of piperidine rings is 1. The molecule has 4 nitrogen and oxygen atoms in total. The molecule has 0 aromatic heterocycles. The Balaban J connectivity index is 1.77. The van der Waals surface area contributed by atoms with Gasteiger partial charge in [-0.2, -0.15) is 0 Å². The summed E-state index contributed by atoms with van der Waals surface area (Å²) in [7, 11) is 1.39. The lowest BCUT2D eigenvalue weighted by molar-refractivity contribution is 0.0600. The second-order valence-electron chi connectivity index (χ2n) is 5.80. The van der Waals surface area contributed by atoms with E-state index in [2.05, 4.69) is 17.0 Å². The maximum Gasteiger partial charge on any atom is 0.337 e. The minimum Gasteiger partial charge on any atom is -0.465 e. The first-order valence-corrected chi connectivity index (χ1v) is 8.87. The lowest BCUT2D eigenvalue weighted by atomic mass is 10.1. The number of nitrogens with zero attached hydrogens (tertiary/aromatic N) is 1. The predicted octanol–water partition coefficient (Wildman–Crippen LogP) is 3.59. The Hall–Kier alpha value is -1.98. The van der Waals surface area contributed by atoms with Crippen molar-refractivity contribution in [3.05, 3.63) is 54.1 Å². The molecule has 0 radical (unpaired) electrons. The first-order chi connectivity index (χ1) is 11.7. The molecule has 2 aromatic rings. The second kappa shape index (κ2) is 7.73. The summed E-state index contributed by atoms with van der Waals surface area (Å²) in [4.78, 5) is 16.1. The molecule has 24 heavy (non-hydrogen) atoms. The van der Waals surface area contributed by atoms with E-state index in [4.69, 9.17) is 4.74 Å². The van der Waals surface area contributed by atoms with Gasteiger partial charge in [0, 0.05) is 22.9 Å². The van der Waals surface area contributed by atoms with Gasteiger partial charge in [-0.05, 0) is 49.2 Å². The van der Waals surface area contributed by atoms with Gasteiger partial charge in [-0.1, -0.05) is 23.9 Å². The van der Waals surface area contributed by atoms with Crippen LogP contribution in [-0.4, -0.2) is 37.4 Å². The maximum atomic E-state index is 11.5. The second-order valence-corrected chi connectivity index (χ2v) is 6.92. The normalized spacial score (nSPS) is 15.3. The Labute approximate surface area is 146 Å². The number of anilines is 1. The number of rotatable bonds is 4. The molecule has 5 heteroatoms. The van der Waals surface area contributed by atoms with Gasteiger partial charge in [0.2, 0.25) is 0 Å². The number of aliphatic hydroxyl groups excluding tert-OH is 1. The molecule has 0 unspecified atom stereocenters. The zero-order chi connectivity index (χ0) is 16.9. The smallest absolute Gasteiger partial charge is 0.337 e. The van der Waals surface area contributed by atoms with E-state index in [1.807, 2.05) is 24.3 Å². The Morgan fingerprint density at radius 1 is 1.12 bits per heavy atom. The molecule has 1 fully saturated rings. The van der Waals surface area contributed by atoms with Crippen LogP contribution in [0.5, 0.6) is 0 Å². The molecule has 1 heterocycles. The largest absolute Gasteiger partial charge is 0.465 e. The third-order valence-electron chi connectivity index (χ3n) is 4.17. The van der Waals surface area contributed by atoms with Crippen LogP contribution in [0.2, 0.25) is 0 Å². The van der Waals surface area contributed by atoms with Crippen LogP contribution in [0.4, 0.5) is 5.69 Å². The van der Waals surface area contributed by atoms with Crippen LogP contribution in [-0.2, 0) is 4.74 Å². The van der Waals surface area contributed by atoms with Crippen LogP contribution in [0.3, 0.4) is 0 Å². The van der Waals surface area contributed by atoms with Gasteiger partial charge < -0.3 is 14.7 Å². The van der Waals surface area contributed by atoms with Crippen LogP contribution in [0.1, 0.15) is 23.2 Å². The molecule has 1 N–H and O–H groups in total. The van der Waals surface area contributed by atoms with E-state index in [0.29, 0.717) is 5.56 Å². The quantitative estimate of drug-likeness (QED) is 0.860. The highest BCUT2D eigenvalue weighted by Crippen LogP contribution is 2.36. The van der Waals surface area contributed by atoms with Crippen molar-refractivity contribution in [2.45, 2.75) is 28.7 Å². The first-order valence-electron chi connectivity index (χ1n) is 8.05. The number of carbonyl (C=O) groups is 1. The van der Waals surface area contributed by atoms with E-state index in [9.17, 15) is 9.90 Å². The van der Waals surface area contributed by atoms with Crippen molar-refractivity contribution in [3.63, 3.8) is 0 Å². The van der Waals surface area contributed by atoms with Crippen molar-refractivity contribution in [2.24, 2.45) is 0 Å². The fourth-order valence-corrected chi connectivity index (χ4v) is 3.79. The van der Waals surface area contributed by atoms with Gasteiger partial charge >= 0.3 is 5.97 Å². The minimum absolute atomic E-state index is 0.174. The standard InChI is InChI=1S/C19H21NO3S/c1-23-19(22)14-6-8-16(9-7-14)24-18-5-3-2-4-17(18)20-12-10-15(21)11-13-20/h2-9,15,21H,10-13H2,1H3. The number of aliphatic hydroxyl groups is 1. The molecule has 1 aliphatic rings. The van der Waals surface area contributed by atoms with Gasteiger partial charge in [-0.25, -0.2) is 4.79 Å². The van der Waals surface area contributed by atoms with Gasteiger partial charge in [0.15, 0.2) is 0 Å². The molecule has 1 saturated heterocycles. The highest BCUT2D eigenvalue weighted by molar-refractivity contribution is 7.99. The number of carbonyl (C=O) groups excluding carboxylic acids is 1. The van der Waals surface area contributed by atoms with Crippen molar-refractivity contribution in [1.29, 1.82) is 0 Å². The molecule has 126 valence electrons. The zero-order valence-corrected chi connectivity index (χ0v) is 14.5. The number of para-hydroxylation sites is 1. The van der Waals surface area contributed by atoms with Gasteiger partial charge in [-0.15, -0.1) is 0 Å². The van der Waals surface area contributed by atoms with E-state index in [-0.39, 0.29) is 12.1 Å². The van der Waals surface area contributed by atoms with Gasteiger partial charge in [-0.3, -0.25) is 0 Å². The summed E-state index contributed by atoms with van der Waals surface area (Å²) in [5.74, 6) is -0.321. The van der Waals surface area contributed by atoms with Gasteiger partial charge in [0.1, 0.15) is 0 Å². The van der Waals surface area contributed by atoms with E-state index < -0.39 is 0 Å². The van der Waals surface area contributed by atoms with E-state index in [1.165, 1.54) is 17.7 Å². The average Bonchev–Trinajstić information content (AvgIpc) is 2.63. The van der Waals surface area contributed by atoms with Crippen molar-refractivity contribution in [2.75, 3.05) is 25.1 Å². The monoisotopic (exact) mass is 343 g/mol. The molecular weight excluding hydrogens is 322 g/mol. The predicted molar refractivity (Wildman–Crippen MR) is 95.8 cm³/mol. The average molecular weight is 343 g/mol. The van der Waals surface area contributed by atoms with E-state index >= 15 is 0 Å². The third kappa shape index (κ3) is 3.91. The van der Waals surface area contributed by atoms with Crippen LogP contribution in [0.15, 0.2) is 58.3 Å².